The minimum atomic E-state index is -0.851. The molecular weight excluding hydrogens is 315 g/mol. The molecule has 0 radical (unpaired) electrons. The number of carboxylic acids is 1. The second-order valence-corrected chi connectivity index (χ2v) is 5.75. The molecule has 1 aromatic carbocycles. The number of hydrogen-bond donors (Lipinski definition) is 2. The highest BCUT2D eigenvalue weighted by Crippen LogP contribution is 2.25. The number of rotatable bonds is 4. The first-order valence-corrected chi connectivity index (χ1v) is 7.43. The van der Waals surface area contributed by atoms with Crippen LogP contribution in [0.4, 0.5) is 4.79 Å². The molecule has 0 aromatic heterocycles. The van der Waals surface area contributed by atoms with Crippen LogP contribution in [-0.2, 0) is 11.2 Å². The fourth-order valence-corrected chi connectivity index (χ4v) is 2.72. The van der Waals surface area contributed by atoms with Gasteiger partial charge in [0, 0.05) is 19.6 Å². The third-order valence-corrected chi connectivity index (χ3v) is 4.38. The van der Waals surface area contributed by atoms with Gasteiger partial charge in [0.1, 0.15) is 0 Å². The Kier molecular flexibility index (Phi) is 5.31. The van der Waals surface area contributed by atoms with Crippen LogP contribution < -0.4 is 5.32 Å². The van der Waals surface area contributed by atoms with Gasteiger partial charge in [-0.3, -0.25) is 4.79 Å². The number of nitrogens with zero attached hydrogens (tertiary/aromatic N) is 1. The Morgan fingerprint density at radius 2 is 2.14 bits per heavy atom. The van der Waals surface area contributed by atoms with Crippen molar-refractivity contribution in [2.45, 2.75) is 12.8 Å². The number of nitrogens with one attached hydrogen (secondary N) is 1. The van der Waals surface area contributed by atoms with Crippen LogP contribution in [0.3, 0.4) is 0 Å². The second-order valence-electron chi connectivity index (χ2n) is 4.96. The van der Waals surface area contributed by atoms with Crippen molar-refractivity contribution in [3.63, 3.8) is 0 Å². The van der Waals surface area contributed by atoms with Gasteiger partial charge in [-0.05, 0) is 24.5 Å². The van der Waals surface area contributed by atoms with E-state index in [2.05, 4.69) is 5.32 Å². The van der Waals surface area contributed by atoms with Crippen molar-refractivity contribution in [1.82, 2.24) is 10.2 Å². The molecule has 1 fully saturated rings. The van der Waals surface area contributed by atoms with Gasteiger partial charge in [0.25, 0.3) is 0 Å². The first-order chi connectivity index (χ1) is 9.99. The zero-order chi connectivity index (χ0) is 15.4. The molecule has 0 saturated carbocycles. The third kappa shape index (κ3) is 4.02. The molecule has 2 rings (SSSR count). The van der Waals surface area contributed by atoms with Crippen molar-refractivity contribution in [3.8, 4) is 0 Å². The number of benzene rings is 1. The Balaban J connectivity index is 1.80. The normalized spacial score (nSPS) is 17.8. The summed E-state index contributed by atoms with van der Waals surface area (Å²) < 4.78 is 0. The lowest BCUT2D eigenvalue weighted by atomic mass is 10.1. The molecule has 1 aliphatic heterocycles. The number of carbonyl (C=O) groups excluding carboxylic acids is 1. The van der Waals surface area contributed by atoms with E-state index in [0.717, 1.165) is 5.56 Å². The molecule has 1 aromatic rings. The Hall–Kier alpha value is -1.46. The maximum Gasteiger partial charge on any atom is 0.317 e. The number of hydrogen-bond acceptors (Lipinski definition) is 2. The molecule has 0 bridgehead atoms. The molecule has 1 atom stereocenters. The van der Waals surface area contributed by atoms with E-state index < -0.39 is 11.9 Å². The SMILES string of the molecule is O=C(O)C1CCN(C(=O)NCCc2cccc(Cl)c2Cl)C1. The van der Waals surface area contributed by atoms with E-state index in [1.807, 2.05) is 12.1 Å². The van der Waals surface area contributed by atoms with Crippen LogP contribution in [0.25, 0.3) is 0 Å². The molecule has 7 heteroatoms. The van der Waals surface area contributed by atoms with Gasteiger partial charge in [-0.2, -0.15) is 0 Å². The summed E-state index contributed by atoms with van der Waals surface area (Å²) in [6, 6.07) is 5.14. The highest BCUT2D eigenvalue weighted by Gasteiger charge is 2.30. The van der Waals surface area contributed by atoms with Crippen LogP contribution in [0.2, 0.25) is 10.0 Å². The van der Waals surface area contributed by atoms with Gasteiger partial charge in [-0.25, -0.2) is 4.79 Å². The molecule has 0 spiro atoms. The predicted molar refractivity (Wildman–Crippen MR) is 80.9 cm³/mol. The average molecular weight is 331 g/mol. The van der Waals surface area contributed by atoms with Crippen molar-refractivity contribution in [1.29, 1.82) is 0 Å². The number of likely N-dealkylation sites (tertiary alicyclic amines) is 1. The van der Waals surface area contributed by atoms with Crippen molar-refractivity contribution in [3.05, 3.63) is 33.8 Å². The zero-order valence-electron chi connectivity index (χ0n) is 11.3. The molecule has 5 nitrogen and oxygen atoms in total. The third-order valence-electron chi connectivity index (χ3n) is 3.53. The first-order valence-electron chi connectivity index (χ1n) is 6.67. The van der Waals surface area contributed by atoms with Crippen LogP contribution >= 0.6 is 23.2 Å². The van der Waals surface area contributed by atoms with E-state index in [9.17, 15) is 9.59 Å². The van der Waals surface area contributed by atoms with Gasteiger partial charge < -0.3 is 15.3 Å². The van der Waals surface area contributed by atoms with Crippen molar-refractivity contribution < 1.29 is 14.7 Å². The second kappa shape index (κ2) is 7.00. The number of amides is 2. The molecule has 0 aliphatic carbocycles. The summed E-state index contributed by atoms with van der Waals surface area (Å²) >= 11 is 12.0. The lowest BCUT2D eigenvalue weighted by Gasteiger charge is -2.17. The minimum absolute atomic E-state index is 0.239. The summed E-state index contributed by atoms with van der Waals surface area (Å²) in [5.41, 5.74) is 0.870. The largest absolute Gasteiger partial charge is 0.481 e. The Labute approximate surface area is 132 Å². The fourth-order valence-electron chi connectivity index (χ4n) is 2.30. The van der Waals surface area contributed by atoms with E-state index in [1.165, 1.54) is 4.90 Å². The van der Waals surface area contributed by atoms with Crippen LogP contribution in [0.1, 0.15) is 12.0 Å². The molecule has 1 heterocycles. The highest BCUT2D eigenvalue weighted by atomic mass is 35.5. The van der Waals surface area contributed by atoms with E-state index >= 15 is 0 Å². The van der Waals surface area contributed by atoms with Crippen molar-refractivity contribution in [2.24, 2.45) is 5.92 Å². The van der Waals surface area contributed by atoms with E-state index in [-0.39, 0.29) is 12.6 Å². The average Bonchev–Trinajstić information content (AvgIpc) is 2.93. The van der Waals surface area contributed by atoms with E-state index in [1.54, 1.807) is 6.07 Å². The molecule has 2 N–H and O–H groups in total. The van der Waals surface area contributed by atoms with Crippen LogP contribution in [-0.4, -0.2) is 41.6 Å². The quantitative estimate of drug-likeness (QED) is 0.891. The van der Waals surface area contributed by atoms with Gasteiger partial charge in [0.05, 0.1) is 16.0 Å². The number of halogens is 2. The Morgan fingerprint density at radius 1 is 1.38 bits per heavy atom. The molecular formula is C14H16Cl2N2O3. The Bertz CT molecular complexity index is 551. The predicted octanol–water partition coefficient (Wildman–Crippen LogP) is 2.65. The van der Waals surface area contributed by atoms with Gasteiger partial charge in [-0.15, -0.1) is 0 Å². The Morgan fingerprint density at radius 3 is 2.81 bits per heavy atom. The van der Waals surface area contributed by atoms with Crippen molar-refractivity contribution >= 4 is 35.2 Å². The lowest BCUT2D eigenvalue weighted by molar-refractivity contribution is -0.141. The summed E-state index contributed by atoms with van der Waals surface area (Å²) in [5.74, 6) is -1.31. The maximum atomic E-state index is 11.9. The summed E-state index contributed by atoms with van der Waals surface area (Å²) in [7, 11) is 0. The number of carboxylic acid groups (broad SMARTS) is 1. The molecule has 114 valence electrons. The molecule has 21 heavy (non-hydrogen) atoms. The lowest BCUT2D eigenvalue weighted by Crippen LogP contribution is -2.39. The smallest absolute Gasteiger partial charge is 0.317 e. The summed E-state index contributed by atoms with van der Waals surface area (Å²) in [6.07, 6.45) is 1.07. The summed E-state index contributed by atoms with van der Waals surface area (Å²) in [4.78, 5) is 24.3. The minimum Gasteiger partial charge on any atom is -0.481 e. The summed E-state index contributed by atoms with van der Waals surface area (Å²) in [6.45, 7) is 1.16. The number of urea groups is 1. The van der Waals surface area contributed by atoms with Gasteiger partial charge >= 0.3 is 12.0 Å². The van der Waals surface area contributed by atoms with Gasteiger partial charge in [-0.1, -0.05) is 35.3 Å². The number of aliphatic carboxylic acids is 1. The van der Waals surface area contributed by atoms with E-state index in [0.29, 0.717) is 36.0 Å². The van der Waals surface area contributed by atoms with Gasteiger partial charge in [0.15, 0.2) is 0 Å². The topological polar surface area (TPSA) is 69.6 Å². The molecule has 1 unspecified atom stereocenters. The zero-order valence-corrected chi connectivity index (χ0v) is 12.8. The van der Waals surface area contributed by atoms with Crippen LogP contribution in [0, 0.1) is 5.92 Å². The van der Waals surface area contributed by atoms with Crippen LogP contribution in [0.5, 0.6) is 0 Å². The standard InChI is InChI=1S/C14H16Cl2N2O3/c15-11-3-1-2-9(12(11)16)4-6-17-14(21)18-7-5-10(8-18)13(19)20/h1-3,10H,4-8H2,(H,17,21)(H,19,20). The summed E-state index contributed by atoms with van der Waals surface area (Å²) in [5, 5.41) is 12.7. The molecule has 2 amide bonds. The molecule has 1 saturated heterocycles. The first kappa shape index (κ1) is 15.9. The monoisotopic (exact) mass is 330 g/mol. The number of carbonyl (C=O) groups is 2. The van der Waals surface area contributed by atoms with Gasteiger partial charge in [0.2, 0.25) is 0 Å². The maximum absolute atomic E-state index is 11.9. The highest BCUT2D eigenvalue weighted by molar-refractivity contribution is 6.42. The fraction of sp³-hybridized carbons (Fsp3) is 0.429. The molecule has 1 aliphatic rings. The van der Waals surface area contributed by atoms with Crippen LogP contribution in [0.15, 0.2) is 18.2 Å². The van der Waals surface area contributed by atoms with E-state index in [4.69, 9.17) is 28.3 Å². The van der Waals surface area contributed by atoms with Crippen molar-refractivity contribution in [2.75, 3.05) is 19.6 Å².